The first-order valence-corrected chi connectivity index (χ1v) is 10.7. The molecule has 6 nitrogen and oxygen atoms in total. The molecule has 2 atom stereocenters. The lowest BCUT2D eigenvalue weighted by Crippen LogP contribution is -2.51. The number of carboxylic acids is 1. The third-order valence-corrected chi connectivity index (χ3v) is 7.69. The molecule has 0 bridgehead atoms. The van der Waals surface area contributed by atoms with Crippen LogP contribution in [0.15, 0.2) is 29.2 Å². The maximum absolute atomic E-state index is 14.6. The van der Waals surface area contributed by atoms with Gasteiger partial charge in [0, 0.05) is 16.5 Å². The molecular weight excluding hydrogens is 421 g/mol. The van der Waals surface area contributed by atoms with Gasteiger partial charge >= 0.3 is 5.97 Å². The molecule has 0 radical (unpaired) electrons. The van der Waals surface area contributed by atoms with Crippen LogP contribution in [-0.4, -0.2) is 36.6 Å². The second-order valence-electron chi connectivity index (χ2n) is 7.14. The minimum absolute atomic E-state index is 0.100. The fourth-order valence-electron chi connectivity index (χ4n) is 3.69. The molecule has 0 aromatic heterocycles. The number of nitrogens with zero attached hydrogens (tertiary/aromatic N) is 1. The van der Waals surface area contributed by atoms with Crippen molar-refractivity contribution in [3.05, 3.63) is 57.4 Å². The van der Waals surface area contributed by atoms with Crippen molar-refractivity contribution in [1.82, 2.24) is 4.31 Å². The van der Waals surface area contributed by atoms with Crippen molar-refractivity contribution < 1.29 is 27.4 Å². The Hall–Kier alpha value is -2.16. The van der Waals surface area contributed by atoms with Gasteiger partial charge < -0.3 is 9.84 Å². The fraction of sp³-hybridized carbons (Fsp3) is 0.350. The van der Waals surface area contributed by atoms with Gasteiger partial charge in [0.15, 0.2) is 6.73 Å². The van der Waals surface area contributed by atoms with Gasteiger partial charge in [0.05, 0.1) is 0 Å². The molecule has 1 heterocycles. The Morgan fingerprint density at radius 1 is 1.21 bits per heavy atom. The first-order valence-electron chi connectivity index (χ1n) is 8.90. The third-order valence-electron chi connectivity index (χ3n) is 5.45. The van der Waals surface area contributed by atoms with E-state index in [9.17, 15) is 22.7 Å². The second kappa shape index (κ2) is 7.59. The molecule has 0 saturated heterocycles. The van der Waals surface area contributed by atoms with E-state index < -0.39 is 40.5 Å². The average Bonchev–Trinajstić information content (AvgIpc) is 2.63. The lowest BCUT2D eigenvalue weighted by molar-refractivity contribution is -0.143. The van der Waals surface area contributed by atoms with Crippen molar-refractivity contribution in [2.24, 2.45) is 0 Å². The highest BCUT2D eigenvalue weighted by atomic mass is 35.5. The molecule has 0 spiro atoms. The first kappa shape index (κ1) is 21.5. The highest BCUT2D eigenvalue weighted by Gasteiger charge is 2.45. The number of fused-ring (bicyclic) bond motifs is 1. The van der Waals surface area contributed by atoms with E-state index in [4.69, 9.17) is 16.3 Å². The number of benzene rings is 2. The summed E-state index contributed by atoms with van der Waals surface area (Å²) in [6.45, 7) is 6.08. The molecule has 2 aromatic rings. The maximum atomic E-state index is 14.6. The third kappa shape index (κ3) is 3.49. The van der Waals surface area contributed by atoms with Crippen LogP contribution in [0.5, 0.6) is 5.75 Å². The summed E-state index contributed by atoms with van der Waals surface area (Å²) in [6, 6.07) is 4.01. The van der Waals surface area contributed by atoms with E-state index in [1.807, 2.05) is 0 Å². The summed E-state index contributed by atoms with van der Waals surface area (Å²) in [6.07, 6.45) is 0. The SMILES string of the molecule is Cc1ccc(F)c(C(C)[C@@H](C(=O)O)N2COc3c(ccc(Cl)c3C)S2(=O)=O)c1C. The number of hydrogen-bond acceptors (Lipinski definition) is 4. The number of aliphatic carboxylic acids is 1. The fourth-order valence-corrected chi connectivity index (χ4v) is 5.54. The Balaban J connectivity index is 2.13. The van der Waals surface area contributed by atoms with E-state index in [2.05, 4.69) is 0 Å². The van der Waals surface area contributed by atoms with Crippen molar-refractivity contribution in [2.75, 3.05) is 6.73 Å². The van der Waals surface area contributed by atoms with Crippen LogP contribution in [0, 0.1) is 26.6 Å². The molecule has 0 aliphatic carbocycles. The van der Waals surface area contributed by atoms with Gasteiger partial charge in [-0.3, -0.25) is 4.79 Å². The van der Waals surface area contributed by atoms with Crippen LogP contribution in [0.1, 0.15) is 35.1 Å². The molecule has 29 heavy (non-hydrogen) atoms. The van der Waals surface area contributed by atoms with Crippen molar-refractivity contribution in [3.8, 4) is 5.75 Å². The molecule has 1 aliphatic heterocycles. The number of carbonyl (C=O) groups is 1. The Labute approximate surface area is 173 Å². The molecule has 0 fully saturated rings. The number of sulfonamides is 1. The summed E-state index contributed by atoms with van der Waals surface area (Å²) in [7, 11) is -4.21. The van der Waals surface area contributed by atoms with Gasteiger partial charge in [-0.1, -0.05) is 24.6 Å². The van der Waals surface area contributed by atoms with Crippen LogP contribution in [0.25, 0.3) is 0 Å². The largest absolute Gasteiger partial charge is 0.480 e. The van der Waals surface area contributed by atoms with E-state index in [-0.39, 0.29) is 16.2 Å². The molecule has 0 saturated carbocycles. The summed E-state index contributed by atoms with van der Waals surface area (Å²) < 4.78 is 47.4. The van der Waals surface area contributed by atoms with Gasteiger partial charge in [-0.15, -0.1) is 4.31 Å². The van der Waals surface area contributed by atoms with Gasteiger partial charge in [0.25, 0.3) is 0 Å². The number of hydrogen-bond donors (Lipinski definition) is 1. The maximum Gasteiger partial charge on any atom is 0.322 e. The Kier molecular flexibility index (Phi) is 5.64. The quantitative estimate of drug-likeness (QED) is 0.775. The number of rotatable bonds is 4. The monoisotopic (exact) mass is 441 g/mol. The minimum Gasteiger partial charge on any atom is -0.480 e. The number of carboxylic acid groups (broad SMARTS) is 1. The molecule has 2 aromatic carbocycles. The highest BCUT2D eigenvalue weighted by molar-refractivity contribution is 7.89. The summed E-state index contributed by atoms with van der Waals surface area (Å²) >= 11 is 6.04. The molecule has 156 valence electrons. The smallest absolute Gasteiger partial charge is 0.322 e. The summed E-state index contributed by atoms with van der Waals surface area (Å²) in [5, 5.41) is 10.2. The summed E-state index contributed by atoms with van der Waals surface area (Å²) in [4.78, 5) is 12.0. The van der Waals surface area contributed by atoms with E-state index in [1.54, 1.807) is 26.8 Å². The van der Waals surface area contributed by atoms with Crippen LogP contribution in [0.2, 0.25) is 5.02 Å². The predicted molar refractivity (Wildman–Crippen MR) is 106 cm³/mol. The van der Waals surface area contributed by atoms with Crippen molar-refractivity contribution in [3.63, 3.8) is 0 Å². The van der Waals surface area contributed by atoms with E-state index in [0.717, 1.165) is 9.87 Å². The lowest BCUT2D eigenvalue weighted by Gasteiger charge is -2.36. The van der Waals surface area contributed by atoms with Crippen molar-refractivity contribution >= 4 is 27.6 Å². The molecule has 9 heteroatoms. The summed E-state index contributed by atoms with van der Waals surface area (Å²) in [5.41, 5.74) is 1.99. The number of halogens is 2. The van der Waals surface area contributed by atoms with E-state index in [0.29, 0.717) is 16.1 Å². The topological polar surface area (TPSA) is 83.9 Å². The molecule has 1 aliphatic rings. The Bertz CT molecular complexity index is 1100. The van der Waals surface area contributed by atoms with Gasteiger partial charge in [0.1, 0.15) is 22.5 Å². The van der Waals surface area contributed by atoms with Crippen LogP contribution in [-0.2, 0) is 14.8 Å². The molecule has 1 unspecified atom stereocenters. The minimum atomic E-state index is -4.21. The van der Waals surface area contributed by atoms with E-state index >= 15 is 0 Å². The zero-order valence-electron chi connectivity index (χ0n) is 16.4. The molecule has 3 rings (SSSR count). The van der Waals surface area contributed by atoms with E-state index in [1.165, 1.54) is 25.1 Å². The zero-order chi connectivity index (χ0) is 21.7. The van der Waals surface area contributed by atoms with Crippen molar-refractivity contribution in [1.29, 1.82) is 0 Å². The van der Waals surface area contributed by atoms with Gasteiger partial charge in [-0.05, 0) is 55.7 Å². The molecular formula is C20H21ClFNO5S. The standard InChI is InChI=1S/C20H21ClFNO5S/c1-10-5-7-15(22)17(11(10)2)13(4)18(20(24)25)23-9-28-19-12(3)14(21)6-8-16(19)29(23,26)27/h5-8,13,18H,9H2,1-4H3,(H,24,25)/t13?,18-/m0/s1. The number of ether oxygens (including phenoxy) is 1. The van der Waals surface area contributed by atoms with Crippen LogP contribution >= 0.6 is 11.6 Å². The van der Waals surface area contributed by atoms with Crippen LogP contribution in [0.4, 0.5) is 4.39 Å². The molecule has 0 amide bonds. The zero-order valence-corrected chi connectivity index (χ0v) is 17.9. The normalized spacial score (nSPS) is 17.9. The van der Waals surface area contributed by atoms with Crippen LogP contribution < -0.4 is 4.74 Å². The van der Waals surface area contributed by atoms with Gasteiger partial charge in [0.2, 0.25) is 10.0 Å². The second-order valence-corrected chi connectivity index (χ2v) is 9.41. The van der Waals surface area contributed by atoms with Crippen LogP contribution in [0.3, 0.4) is 0 Å². The highest BCUT2D eigenvalue weighted by Crippen LogP contribution is 2.40. The summed E-state index contributed by atoms with van der Waals surface area (Å²) in [5.74, 6) is -2.83. The van der Waals surface area contributed by atoms with Gasteiger partial charge in [-0.25, -0.2) is 12.8 Å². The molecule has 1 N–H and O–H groups in total. The first-order chi connectivity index (χ1) is 13.5. The average molecular weight is 442 g/mol. The van der Waals surface area contributed by atoms with Gasteiger partial charge in [-0.2, -0.15) is 0 Å². The lowest BCUT2D eigenvalue weighted by atomic mass is 9.88. The predicted octanol–water partition coefficient (Wildman–Crippen LogP) is 4.00. The Morgan fingerprint density at radius 3 is 2.48 bits per heavy atom. The number of aryl methyl sites for hydroxylation is 1. The van der Waals surface area contributed by atoms with Crippen molar-refractivity contribution in [2.45, 2.75) is 44.6 Å². The Morgan fingerprint density at radius 2 is 1.86 bits per heavy atom.